The van der Waals surface area contributed by atoms with Gasteiger partial charge in [0.2, 0.25) is 0 Å². The molecular weight excluding hydrogens is 427 g/mol. The Kier molecular flexibility index (Phi) is 5.86. The van der Waals surface area contributed by atoms with Crippen molar-refractivity contribution in [1.82, 2.24) is 30.2 Å². The molecular formula is C14H12Cl2F4N8. The van der Waals surface area contributed by atoms with Gasteiger partial charge < -0.3 is 0 Å². The fourth-order valence-electron chi connectivity index (χ4n) is 2.52. The Labute approximate surface area is 165 Å². The van der Waals surface area contributed by atoms with E-state index in [0.717, 1.165) is 23.8 Å². The molecule has 0 amide bonds. The lowest BCUT2D eigenvalue weighted by molar-refractivity contribution is -0.309. The summed E-state index contributed by atoms with van der Waals surface area (Å²) in [6.07, 6.45) is -0.628. The lowest BCUT2D eigenvalue weighted by atomic mass is 10.1. The molecule has 1 aromatic carbocycles. The average molecular weight is 439 g/mol. The van der Waals surface area contributed by atoms with Crippen LogP contribution in [-0.2, 0) is 0 Å². The topological polar surface area (TPSA) is 78.8 Å². The standard InChI is InChI=1S/C14H12Cl2F4N8/c1-7(17)5-25(28(19)20)27(21)13-11(10-8(15)3-2-4-9(10)18)12(16)24-14-22-6-23-26(13)14/h2-4,6-7H,5,21H2,1H3. The number of nitrogens with two attached hydrogens (primary N) is 1. The predicted octanol–water partition coefficient (Wildman–Crippen LogP) is 3.48. The van der Waals surface area contributed by atoms with Gasteiger partial charge >= 0.3 is 0 Å². The monoisotopic (exact) mass is 438 g/mol. The Morgan fingerprint density at radius 3 is 2.57 bits per heavy atom. The summed E-state index contributed by atoms with van der Waals surface area (Å²) in [4.78, 5) is 7.78. The fraction of sp³-hybridized carbons (Fsp3) is 0.214. The Balaban J connectivity index is 2.33. The van der Waals surface area contributed by atoms with E-state index < -0.39 is 24.0 Å². The summed E-state index contributed by atoms with van der Waals surface area (Å²) in [6, 6.07) is 3.80. The molecule has 28 heavy (non-hydrogen) atoms. The smallest absolute Gasteiger partial charge is 0.246 e. The minimum absolute atomic E-state index is 0.0652. The molecule has 2 heterocycles. The van der Waals surface area contributed by atoms with Crippen LogP contribution in [0.5, 0.6) is 0 Å². The number of alkyl halides is 1. The van der Waals surface area contributed by atoms with Crippen LogP contribution in [0.25, 0.3) is 16.9 Å². The maximum atomic E-state index is 14.5. The molecule has 0 fully saturated rings. The first-order chi connectivity index (χ1) is 13.2. The van der Waals surface area contributed by atoms with E-state index in [-0.39, 0.29) is 38.0 Å². The van der Waals surface area contributed by atoms with Crippen molar-refractivity contribution in [3.63, 3.8) is 0 Å². The zero-order valence-electron chi connectivity index (χ0n) is 14.1. The van der Waals surface area contributed by atoms with Crippen LogP contribution in [0.15, 0.2) is 24.5 Å². The molecule has 0 bridgehead atoms. The number of hydrogen-bond acceptors (Lipinski definition) is 7. The molecule has 14 heteroatoms. The summed E-state index contributed by atoms with van der Waals surface area (Å²) >= 11 is 12.3. The Morgan fingerprint density at radius 1 is 1.25 bits per heavy atom. The number of rotatable bonds is 6. The van der Waals surface area contributed by atoms with E-state index in [1.54, 1.807) is 0 Å². The normalized spacial score (nSPS) is 12.9. The van der Waals surface area contributed by atoms with Gasteiger partial charge in [-0.25, -0.2) is 19.7 Å². The second-order valence-corrected chi connectivity index (χ2v) is 6.33. The summed E-state index contributed by atoms with van der Waals surface area (Å²) in [6.45, 7) is 0.230. The molecule has 0 aliphatic heterocycles. The highest BCUT2D eigenvalue weighted by atomic mass is 35.5. The van der Waals surface area contributed by atoms with Crippen molar-refractivity contribution in [2.75, 3.05) is 11.7 Å². The van der Waals surface area contributed by atoms with Gasteiger partial charge in [-0.05, 0) is 19.1 Å². The van der Waals surface area contributed by atoms with Gasteiger partial charge in [0.05, 0.1) is 17.1 Å². The SMILES string of the molecule is CC(F)CN(N(F)F)N(N)c1c(-c2c(F)cccc2Cl)c(Cl)nc2ncnn12. The van der Waals surface area contributed by atoms with Gasteiger partial charge in [0.1, 0.15) is 28.9 Å². The molecule has 0 aliphatic rings. The van der Waals surface area contributed by atoms with Crippen molar-refractivity contribution in [1.29, 1.82) is 0 Å². The van der Waals surface area contributed by atoms with Gasteiger partial charge in [-0.3, -0.25) is 0 Å². The van der Waals surface area contributed by atoms with Crippen molar-refractivity contribution in [2.24, 2.45) is 5.84 Å². The molecule has 3 rings (SSSR count). The van der Waals surface area contributed by atoms with Crippen molar-refractivity contribution >= 4 is 34.8 Å². The van der Waals surface area contributed by atoms with Crippen LogP contribution in [0.4, 0.5) is 23.6 Å². The second-order valence-electron chi connectivity index (χ2n) is 5.56. The summed E-state index contributed by atoms with van der Waals surface area (Å²) in [7, 11) is 0. The van der Waals surface area contributed by atoms with E-state index in [2.05, 4.69) is 15.1 Å². The highest BCUT2D eigenvalue weighted by Crippen LogP contribution is 2.41. The highest BCUT2D eigenvalue weighted by Gasteiger charge is 2.31. The quantitative estimate of drug-likeness (QED) is 0.207. The molecule has 2 aromatic heterocycles. The maximum absolute atomic E-state index is 14.5. The zero-order valence-corrected chi connectivity index (χ0v) is 15.6. The molecule has 1 atom stereocenters. The van der Waals surface area contributed by atoms with Gasteiger partial charge in [0.25, 0.3) is 5.78 Å². The van der Waals surface area contributed by atoms with E-state index in [9.17, 15) is 17.7 Å². The lowest BCUT2D eigenvalue weighted by Gasteiger charge is -2.32. The third-order valence-corrected chi connectivity index (χ3v) is 4.21. The molecule has 0 saturated heterocycles. The van der Waals surface area contributed by atoms with Crippen molar-refractivity contribution in [2.45, 2.75) is 13.1 Å². The number of halogens is 6. The van der Waals surface area contributed by atoms with Gasteiger partial charge in [0.15, 0.2) is 5.82 Å². The third kappa shape index (κ3) is 3.69. The van der Waals surface area contributed by atoms with Crippen LogP contribution in [0.3, 0.4) is 0 Å². The Bertz CT molecular complexity index is 979. The molecule has 1 unspecified atom stereocenters. The molecule has 0 aliphatic carbocycles. The molecule has 0 saturated carbocycles. The van der Waals surface area contributed by atoms with Crippen LogP contribution in [-0.4, -0.2) is 42.9 Å². The minimum atomic E-state index is -1.69. The predicted molar refractivity (Wildman–Crippen MR) is 94.2 cm³/mol. The molecule has 8 nitrogen and oxygen atoms in total. The van der Waals surface area contributed by atoms with Gasteiger partial charge in [-0.15, -0.1) is 0 Å². The number of hydrazine groups is 3. The molecule has 0 radical (unpaired) electrons. The van der Waals surface area contributed by atoms with Crippen LogP contribution < -0.4 is 11.0 Å². The first kappa shape index (κ1) is 20.5. The minimum Gasteiger partial charge on any atom is -0.246 e. The summed E-state index contributed by atoms with van der Waals surface area (Å²) < 4.78 is 55.7. The van der Waals surface area contributed by atoms with Crippen LogP contribution in [0.1, 0.15) is 6.92 Å². The zero-order chi connectivity index (χ0) is 20.6. The van der Waals surface area contributed by atoms with E-state index >= 15 is 0 Å². The third-order valence-electron chi connectivity index (χ3n) is 3.63. The second kappa shape index (κ2) is 8.01. The molecule has 3 aromatic rings. The number of nitrogens with zero attached hydrogens (tertiary/aromatic N) is 7. The number of aromatic nitrogens is 4. The molecule has 150 valence electrons. The van der Waals surface area contributed by atoms with E-state index in [1.807, 2.05) is 0 Å². The number of benzene rings is 1. The highest BCUT2D eigenvalue weighted by molar-refractivity contribution is 6.36. The maximum Gasteiger partial charge on any atom is 0.255 e. The first-order valence-electron chi connectivity index (χ1n) is 7.64. The van der Waals surface area contributed by atoms with Crippen LogP contribution in [0.2, 0.25) is 10.2 Å². The molecule has 2 N–H and O–H groups in total. The average Bonchev–Trinajstić information content (AvgIpc) is 3.06. The lowest BCUT2D eigenvalue weighted by Crippen LogP contribution is -2.54. The van der Waals surface area contributed by atoms with Crippen molar-refractivity contribution < 1.29 is 17.7 Å². The number of anilines is 1. The van der Waals surface area contributed by atoms with Gasteiger partial charge in [-0.2, -0.15) is 19.6 Å². The number of hydrogen-bond donors (Lipinski definition) is 1. The Morgan fingerprint density at radius 2 is 1.96 bits per heavy atom. The van der Waals surface area contributed by atoms with E-state index in [4.69, 9.17) is 29.0 Å². The van der Waals surface area contributed by atoms with Gasteiger partial charge in [0, 0.05) is 5.56 Å². The summed E-state index contributed by atoms with van der Waals surface area (Å²) in [5.41, 5.74) is -1.91. The Hall–Kier alpha value is -2.25. The largest absolute Gasteiger partial charge is 0.255 e. The van der Waals surface area contributed by atoms with Crippen molar-refractivity contribution in [3.05, 3.63) is 40.5 Å². The van der Waals surface area contributed by atoms with Gasteiger partial charge in [-0.1, -0.05) is 43.3 Å². The van der Waals surface area contributed by atoms with E-state index in [1.165, 1.54) is 12.1 Å². The van der Waals surface area contributed by atoms with E-state index in [0.29, 0.717) is 5.12 Å². The number of fused-ring (bicyclic) bond motifs is 1. The molecule has 0 spiro atoms. The van der Waals surface area contributed by atoms with Crippen LogP contribution in [0, 0.1) is 5.82 Å². The summed E-state index contributed by atoms with van der Waals surface area (Å²) in [5.74, 6) is 4.57. The van der Waals surface area contributed by atoms with Crippen LogP contribution >= 0.6 is 23.2 Å². The summed E-state index contributed by atoms with van der Waals surface area (Å²) in [5, 5.41) is 3.88. The fourth-order valence-corrected chi connectivity index (χ4v) is 3.04. The van der Waals surface area contributed by atoms with Crippen molar-refractivity contribution in [3.8, 4) is 11.1 Å². The first-order valence-corrected chi connectivity index (χ1v) is 8.39.